The predicted molar refractivity (Wildman–Crippen MR) is 62.7 cm³/mol. The molecule has 0 aromatic carbocycles. The molecule has 0 unspecified atom stereocenters. The van der Waals surface area contributed by atoms with Crippen molar-refractivity contribution in [3.8, 4) is 0 Å². The molecule has 1 aliphatic carbocycles. The summed E-state index contributed by atoms with van der Waals surface area (Å²) in [7, 11) is 0. The zero-order valence-electron chi connectivity index (χ0n) is 8.97. The number of amides is 1. The lowest BCUT2D eigenvalue weighted by atomic mass is 10.2. The normalized spacial score (nSPS) is 15.6. The van der Waals surface area contributed by atoms with Gasteiger partial charge in [-0.3, -0.25) is 4.79 Å². The van der Waals surface area contributed by atoms with Crippen LogP contribution in [0.5, 0.6) is 0 Å². The Morgan fingerprint density at radius 1 is 1.43 bits per heavy atom. The number of carbonyl (C=O) groups excluding carboxylic acids is 1. The number of hydrogen-bond donors (Lipinski definition) is 0. The van der Waals surface area contributed by atoms with Gasteiger partial charge in [-0.15, -0.1) is 0 Å². The standard InChI is InChI=1S/C11H20BrNO/c1-2-3-4-5-11(14)13(9-8-12)10-6-7-10/h10H,2-9H2,1H3. The Morgan fingerprint density at radius 3 is 2.64 bits per heavy atom. The van der Waals surface area contributed by atoms with Gasteiger partial charge >= 0.3 is 0 Å². The first-order valence-electron chi connectivity index (χ1n) is 5.65. The molecule has 0 spiro atoms. The number of alkyl halides is 1. The van der Waals surface area contributed by atoms with E-state index < -0.39 is 0 Å². The van der Waals surface area contributed by atoms with Crippen LogP contribution in [0.4, 0.5) is 0 Å². The van der Waals surface area contributed by atoms with Crippen LogP contribution < -0.4 is 0 Å². The van der Waals surface area contributed by atoms with Crippen LogP contribution in [0.15, 0.2) is 0 Å². The summed E-state index contributed by atoms with van der Waals surface area (Å²) in [5, 5.41) is 0.906. The van der Waals surface area contributed by atoms with E-state index in [9.17, 15) is 4.79 Å². The summed E-state index contributed by atoms with van der Waals surface area (Å²) in [4.78, 5) is 13.9. The van der Waals surface area contributed by atoms with Gasteiger partial charge in [0.25, 0.3) is 0 Å². The highest BCUT2D eigenvalue weighted by Crippen LogP contribution is 2.27. The van der Waals surface area contributed by atoms with E-state index in [1.165, 1.54) is 25.7 Å². The Morgan fingerprint density at radius 2 is 2.14 bits per heavy atom. The second-order valence-electron chi connectivity index (χ2n) is 3.96. The Hall–Kier alpha value is -0.0500. The quantitative estimate of drug-likeness (QED) is 0.510. The molecule has 1 aliphatic rings. The Kier molecular flexibility index (Phi) is 5.53. The fourth-order valence-electron chi connectivity index (χ4n) is 1.66. The molecular weight excluding hydrogens is 242 g/mol. The van der Waals surface area contributed by atoms with Crippen molar-refractivity contribution >= 4 is 21.8 Å². The lowest BCUT2D eigenvalue weighted by molar-refractivity contribution is -0.131. The topological polar surface area (TPSA) is 20.3 Å². The molecule has 1 saturated carbocycles. The smallest absolute Gasteiger partial charge is 0.222 e. The molecule has 0 heterocycles. The summed E-state index contributed by atoms with van der Waals surface area (Å²) in [6.45, 7) is 3.05. The molecule has 1 amide bonds. The SMILES string of the molecule is CCCCCC(=O)N(CCBr)C1CC1. The van der Waals surface area contributed by atoms with E-state index in [0.29, 0.717) is 11.9 Å². The molecule has 0 atom stereocenters. The Bertz CT molecular complexity index is 180. The van der Waals surface area contributed by atoms with Crippen LogP contribution in [0.1, 0.15) is 45.4 Å². The number of unbranched alkanes of at least 4 members (excludes halogenated alkanes) is 2. The maximum Gasteiger partial charge on any atom is 0.222 e. The van der Waals surface area contributed by atoms with Crippen LogP contribution in [0.25, 0.3) is 0 Å². The average Bonchev–Trinajstić information content (AvgIpc) is 2.98. The summed E-state index contributed by atoms with van der Waals surface area (Å²) < 4.78 is 0. The Balaban J connectivity index is 2.23. The minimum Gasteiger partial charge on any atom is -0.339 e. The van der Waals surface area contributed by atoms with Crippen LogP contribution in [0, 0.1) is 0 Å². The molecule has 1 fully saturated rings. The fraction of sp³-hybridized carbons (Fsp3) is 0.909. The first-order valence-corrected chi connectivity index (χ1v) is 6.77. The monoisotopic (exact) mass is 261 g/mol. The van der Waals surface area contributed by atoms with E-state index in [-0.39, 0.29) is 0 Å². The number of carbonyl (C=O) groups is 1. The molecule has 0 aliphatic heterocycles. The molecule has 82 valence electrons. The van der Waals surface area contributed by atoms with E-state index >= 15 is 0 Å². The minimum absolute atomic E-state index is 0.361. The van der Waals surface area contributed by atoms with Crippen LogP contribution in [-0.4, -0.2) is 28.7 Å². The lowest BCUT2D eigenvalue weighted by Crippen LogP contribution is -2.34. The molecule has 1 rings (SSSR count). The fourth-order valence-corrected chi connectivity index (χ4v) is 2.04. The first-order chi connectivity index (χ1) is 6.79. The summed E-state index contributed by atoms with van der Waals surface area (Å²) in [5.41, 5.74) is 0. The second kappa shape index (κ2) is 6.44. The van der Waals surface area contributed by atoms with Gasteiger partial charge < -0.3 is 4.90 Å². The van der Waals surface area contributed by atoms with Gasteiger partial charge in [0.15, 0.2) is 0 Å². The third-order valence-electron chi connectivity index (χ3n) is 2.63. The van der Waals surface area contributed by atoms with Gasteiger partial charge in [-0.1, -0.05) is 35.7 Å². The summed E-state index contributed by atoms with van der Waals surface area (Å²) in [6, 6.07) is 0.571. The molecule has 0 radical (unpaired) electrons. The molecule has 0 N–H and O–H groups in total. The molecule has 0 aromatic heterocycles. The van der Waals surface area contributed by atoms with E-state index in [1.54, 1.807) is 0 Å². The molecule has 0 bridgehead atoms. The zero-order chi connectivity index (χ0) is 10.4. The van der Waals surface area contributed by atoms with Gasteiger partial charge in [0.1, 0.15) is 0 Å². The van der Waals surface area contributed by atoms with Gasteiger partial charge in [-0.05, 0) is 19.3 Å². The van der Waals surface area contributed by atoms with Gasteiger partial charge in [0.05, 0.1) is 0 Å². The van der Waals surface area contributed by atoms with Crippen molar-refractivity contribution in [2.45, 2.75) is 51.5 Å². The zero-order valence-corrected chi connectivity index (χ0v) is 10.6. The van der Waals surface area contributed by atoms with E-state index in [2.05, 4.69) is 27.8 Å². The third-order valence-corrected chi connectivity index (χ3v) is 2.98. The highest BCUT2D eigenvalue weighted by atomic mass is 79.9. The van der Waals surface area contributed by atoms with Crippen molar-refractivity contribution in [3.05, 3.63) is 0 Å². The van der Waals surface area contributed by atoms with Gasteiger partial charge in [-0.25, -0.2) is 0 Å². The third kappa shape index (κ3) is 3.99. The first kappa shape index (κ1) is 12.0. The number of nitrogens with zero attached hydrogens (tertiary/aromatic N) is 1. The largest absolute Gasteiger partial charge is 0.339 e. The summed E-state index contributed by atoms with van der Waals surface area (Å²) in [5.74, 6) is 0.361. The van der Waals surface area contributed by atoms with E-state index in [1.807, 2.05) is 0 Å². The van der Waals surface area contributed by atoms with Crippen molar-refractivity contribution in [2.75, 3.05) is 11.9 Å². The van der Waals surface area contributed by atoms with Crippen LogP contribution in [0.3, 0.4) is 0 Å². The number of rotatable bonds is 7. The van der Waals surface area contributed by atoms with Gasteiger partial charge in [0.2, 0.25) is 5.91 Å². The van der Waals surface area contributed by atoms with E-state index in [4.69, 9.17) is 0 Å². The van der Waals surface area contributed by atoms with Crippen LogP contribution in [0.2, 0.25) is 0 Å². The highest BCUT2D eigenvalue weighted by molar-refractivity contribution is 9.09. The van der Waals surface area contributed by atoms with Crippen molar-refractivity contribution in [1.29, 1.82) is 0 Å². The Labute approximate surface area is 95.2 Å². The van der Waals surface area contributed by atoms with Crippen LogP contribution in [-0.2, 0) is 4.79 Å². The van der Waals surface area contributed by atoms with Gasteiger partial charge in [0, 0.05) is 24.3 Å². The molecule has 14 heavy (non-hydrogen) atoms. The number of halogens is 1. The van der Waals surface area contributed by atoms with E-state index in [0.717, 1.165) is 24.7 Å². The molecular formula is C11H20BrNO. The minimum atomic E-state index is 0.361. The molecule has 0 saturated heterocycles. The van der Waals surface area contributed by atoms with Crippen molar-refractivity contribution in [2.24, 2.45) is 0 Å². The highest BCUT2D eigenvalue weighted by Gasteiger charge is 2.31. The molecule has 0 aromatic rings. The van der Waals surface area contributed by atoms with Crippen molar-refractivity contribution in [1.82, 2.24) is 4.90 Å². The second-order valence-corrected chi connectivity index (χ2v) is 4.76. The van der Waals surface area contributed by atoms with Crippen molar-refractivity contribution in [3.63, 3.8) is 0 Å². The summed E-state index contributed by atoms with van der Waals surface area (Å²) >= 11 is 3.40. The van der Waals surface area contributed by atoms with Crippen LogP contribution >= 0.6 is 15.9 Å². The average molecular weight is 262 g/mol. The predicted octanol–water partition coefficient (Wildman–Crippen LogP) is 2.95. The molecule has 3 heteroatoms. The summed E-state index contributed by atoms with van der Waals surface area (Å²) in [6.07, 6.45) is 6.60. The maximum atomic E-state index is 11.8. The van der Waals surface area contributed by atoms with Crippen molar-refractivity contribution < 1.29 is 4.79 Å². The number of hydrogen-bond acceptors (Lipinski definition) is 1. The van der Waals surface area contributed by atoms with Gasteiger partial charge in [-0.2, -0.15) is 0 Å². The maximum absolute atomic E-state index is 11.8. The molecule has 2 nitrogen and oxygen atoms in total. The lowest BCUT2D eigenvalue weighted by Gasteiger charge is -2.21.